The molecule has 2 aromatic heterocycles. The van der Waals surface area contributed by atoms with Crippen LogP contribution in [-0.2, 0) is 17.8 Å². The van der Waals surface area contributed by atoms with Gasteiger partial charge in [-0.1, -0.05) is 18.3 Å². The predicted molar refractivity (Wildman–Crippen MR) is 98.9 cm³/mol. The summed E-state index contributed by atoms with van der Waals surface area (Å²) in [5, 5.41) is 22.7. The molecule has 27 heavy (non-hydrogen) atoms. The molecule has 1 aromatic carbocycles. The fourth-order valence-electron chi connectivity index (χ4n) is 2.58. The molecular formula is C16H17N5O5S. The number of anilines is 1. The van der Waals surface area contributed by atoms with Gasteiger partial charge in [-0.25, -0.2) is 4.79 Å². The number of carbonyl (C=O) groups is 1. The number of nitro benzene ring substituents is 1. The minimum absolute atomic E-state index is 0.149. The first-order valence-electron chi connectivity index (χ1n) is 8.38. The summed E-state index contributed by atoms with van der Waals surface area (Å²) < 4.78 is 6.41. The number of hydrogen-bond donors (Lipinski definition) is 1. The van der Waals surface area contributed by atoms with Gasteiger partial charge in [-0.15, -0.1) is 10.2 Å². The summed E-state index contributed by atoms with van der Waals surface area (Å²) in [5.41, 5.74) is 0.456. The molecule has 1 amide bonds. The van der Waals surface area contributed by atoms with Crippen LogP contribution >= 0.6 is 11.3 Å². The number of aromatic nitrogens is 3. The van der Waals surface area contributed by atoms with Gasteiger partial charge in [0.2, 0.25) is 11.0 Å². The van der Waals surface area contributed by atoms with Crippen molar-refractivity contribution in [3.05, 3.63) is 43.9 Å². The maximum absolute atomic E-state index is 12.0. The third-order valence-electron chi connectivity index (χ3n) is 3.83. The van der Waals surface area contributed by atoms with Crippen molar-refractivity contribution in [1.82, 2.24) is 14.8 Å². The Labute approximate surface area is 157 Å². The smallest absolute Gasteiger partial charge is 0.407 e. The van der Waals surface area contributed by atoms with E-state index in [4.69, 9.17) is 4.42 Å². The van der Waals surface area contributed by atoms with Crippen LogP contribution in [0, 0.1) is 10.1 Å². The number of nitrogens with one attached hydrogen (secondary N) is 1. The predicted octanol–water partition coefficient (Wildman–Crippen LogP) is 2.73. The van der Waals surface area contributed by atoms with Gasteiger partial charge in [0, 0.05) is 25.5 Å². The molecule has 0 fully saturated rings. The Balaban J connectivity index is 1.59. The average Bonchev–Trinajstić information content (AvgIpc) is 3.18. The van der Waals surface area contributed by atoms with Gasteiger partial charge in [0.1, 0.15) is 5.01 Å². The van der Waals surface area contributed by atoms with E-state index in [1.165, 1.54) is 34.1 Å². The Morgan fingerprint density at radius 2 is 2.22 bits per heavy atom. The van der Waals surface area contributed by atoms with Gasteiger partial charge < -0.3 is 9.73 Å². The molecule has 0 spiro atoms. The average molecular weight is 391 g/mol. The van der Waals surface area contributed by atoms with E-state index in [1.807, 2.05) is 6.92 Å². The molecule has 0 saturated heterocycles. The zero-order chi connectivity index (χ0) is 19.4. The van der Waals surface area contributed by atoms with Crippen molar-refractivity contribution in [2.75, 3.05) is 5.32 Å². The summed E-state index contributed by atoms with van der Waals surface area (Å²) in [6.07, 6.45) is 2.37. The normalized spacial score (nSPS) is 11.0. The summed E-state index contributed by atoms with van der Waals surface area (Å²) >= 11 is 1.35. The summed E-state index contributed by atoms with van der Waals surface area (Å²) in [5.74, 6) is -0.829. The van der Waals surface area contributed by atoms with Gasteiger partial charge in [-0.3, -0.25) is 19.5 Å². The fourth-order valence-corrected chi connectivity index (χ4v) is 3.44. The van der Waals surface area contributed by atoms with E-state index in [0.29, 0.717) is 17.1 Å². The van der Waals surface area contributed by atoms with E-state index >= 15 is 0 Å². The van der Waals surface area contributed by atoms with Gasteiger partial charge in [-0.2, -0.15) is 0 Å². The van der Waals surface area contributed by atoms with Gasteiger partial charge in [0.15, 0.2) is 5.58 Å². The molecule has 3 aromatic rings. The topological polar surface area (TPSA) is 133 Å². The number of nitrogens with zero attached hydrogens (tertiary/aromatic N) is 4. The summed E-state index contributed by atoms with van der Waals surface area (Å²) in [4.78, 5) is 34.2. The zero-order valence-electron chi connectivity index (χ0n) is 14.5. The Morgan fingerprint density at radius 3 is 2.96 bits per heavy atom. The van der Waals surface area contributed by atoms with E-state index in [-0.39, 0.29) is 30.1 Å². The molecule has 10 nitrogen and oxygen atoms in total. The molecule has 0 atom stereocenters. The van der Waals surface area contributed by atoms with E-state index < -0.39 is 10.7 Å². The molecule has 0 aliphatic heterocycles. The van der Waals surface area contributed by atoms with Crippen LogP contribution in [0.4, 0.5) is 10.8 Å². The molecule has 0 aliphatic rings. The van der Waals surface area contributed by atoms with Gasteiger partial charge in [0.05, 0.1) is 16.5 Å². The fraction of sp³-hybridized carbons (Fsp3) is 0.375. The number of benzene rings is 1. The van der Waals surface area contributed by atoms with E-state index in [9.17, 15) is 19.7 Å². The molecular weight excluding hydrogens is 374 g/mol. The second-order valence-electron chi connectivity index (χ2n) is 5.83. The van der Waals surface area contributed by atoms with Gasteiger partial charge >= 0.3 is 5.76 Å². The lowest BCUT2D eigenvalue weighted by Gasteiger charge is -2.03. The van der Waals surface area contributed by atoms with Crippen LogP contribution in [-0.4, -0.2) is 25.6 Å². The first-order valence-corrected chi connectivity index (χ1v) is 9.19. The minimum atomic E-state index is -0.612. The highest BCUT2D eigenvalue weighted by Gasteiger charge is 2.14. The van der Waals surface area contributed by atoms with Crippen LogP contribution in [0.5, 0.6) is 0 Å². The lowest BCUT2D eigenvalue weighted by atomic mass is 10.2. The van der Waals surface area contributed by atoms with Crippen molar-refractivity contribution >= 4 is 39.2 Å². The van der Waals surface area contributed by atoms with E-state index in [2.05, 4.69) is 15.5 Å². The van der Waals surface area contributed by atoms with E-state index in [0.717, 1.165) is 17.8 Å². The molecule has 1 N–H and O–H groups in total. The number of fused-ring (bicyclic) bond motifs is 1. The van der Waals surface area contributed by atoms with Crippen molar-refractivity contribution in [1.29, 1.82) is 0 Å². The number of rotatable bonds is 8. The molecule has 11 heteroatoms. The number of amides is 1. The first-order chi connectivity index (χ1) is 13.0. The number of carbonyl (C=O) groups excluding carboxylic acids is 1. The Bertz CT molecular complexity index is 1040. The van der Waals surface area contributed by atoms with Crippen LogP contribution in [0.2, 0.25) is 0 Å². The monoisotopic (exact) mass is 391 g/mol. The number of oxazole rings is 1. The summed E-state index contributed by atoms with van der Waals surface area (Å²) in [6.45, 7) is 2.30. The second kappa shape index (κ2) is 8.08. The van der Waals surface area contributed by atoms with Crippen LogP contribution in [0.15, 0.2) is 27.4 Å². The highest BCUT2D eigenvalue weighted by Crippen LogP contribution is 2.20. The van der Waals surface area contributed by atoms with Crippen LogP contribution < -0.4 is 11.1 Å². The SMILES string of the molecule is CCCc1nnc(NC(=O)CCCn2c(=O)oc3cc([N+](=O)[O-])ccc32)s1. The third kappa shape index (κ3) is 4.37. The molecule has 2 heterocycles. The third-order valence-corrected chi connectivity index (χ3v) is 4.72. The van der Waals surface area contributed by atoms with Crippen LogP contribution in [0.1, 0.15) is 31.2 Å². The summed E-state index contributed by atoms with van der Waals surface area (Å²) in [6, 6.07) is 3.99. The first kappa shape index (κ1) is 18.7. The highest BCUT2D eigenvalue weighted by atomic mass is 32.1. The molecule has 0 bridgehead atoms. The van der Waals surface area contributed by atoms with Crippen molar-refractivity contribution in [2.24, 2.45) is 0 Å². The largest absolute Gasteiger partial charge is 0.419 e. The molecule has 0 saturated carbocycles. The summed E-state index contributed by atoms with van der Waals surface area (Å²) in [7, 11) is 0. The minimum Gasteiger partial charge on any atom is -0.407 e. The molecule has 3 rings (SSSR count). The number of hydrogen-bond acceptors (Lipinski definition) is 8. The van der Waals surface area contributed by atoms with E-state index in [1.54, 1.807) is 0 Å². The lowest BCUT2D eigenvalue weighted by molar-refractivity contribution is -0.384. The van der Waals surface area contributed by atoms with Crippen molar-refractivity contribution in [3.8, 4) is 0 Å². The van der Waals surface area contributed by atoms with Gasteiger partial charge in [-0.05, 0) is 18.9 Å². The number of nitro groups is 1. The maximum atomic E-state index is 12.0. The molecule has 0 radical (unpaired) electrons. The maximum Gasteiger partial charge on any atom is 0.419 e. The van der Waals surface area contributed by atoms with Crippen LogP contribution in [0.25, 0.3) is 11.1 Å². The van der Waals surface area contributed by atoms with Crippen molar-refractivity contribution < 1.29 is 14.1 Å². The highest BCUT2D eigenvalue weighted by molar-refractivity contribution is 7.15. The number of aryl methyl sites for hydroxylation is 2. The van der Waals surface area contributed by atoms with Gasteiger partial charge in [0.25, 0.3) is 5.69 Å². The Kier molecular flexibility index (Phi) is 5.60. The second-order valence-corrected chi connectivity index (χ2v) is 6.89. The zero-order valence-corrected chi connectivity index (χ0v) is 15.3. The molecule has 0 unspecified atom stereocenters. The van der Waals surface area contributed by atoms with Crippen LogP contribution in [0.3, 0.4) is 0 Å². The number of non-ortho nitro benzene ring substituents is 1. The Hall–Kier alpha value is -3.08. The quantitative estimate of drug-likeness (QED) is 0.461. The van der Waals surface area contributed by atoms with Crippen molar-refractivity contribution in [3.63, 3.8) is 0 Å². The standard InChI is InChI=1S/C16H17N5O5S/c1-2-4-14-18-19-15(27-14)17-13(22)5-3-8-20-11-7-6-10(21(24)25)9-12(11)26-16(20)23/h6-7,9H,2-5,8H2,1H3,(H,17,19,22). The molecule has 142 valence electrons. The molecule has 0 aliphatic carbocycles. The van der Waals surface area contributed by atoms with Crippen molar-refractivity contribution in [2.45, 2.75) is 39.2 Å². The lowest BCUT2D eigenvalue weighted by Crippen LogP contribution is -2.17. The Morgan fingerprint density at radius 1 is 1.41 bits per heavy atom.